The Hall–Kier alpha value is -1.80. The average molecular weight is 422 g/mol. The number of nitrogens with zero attached hydrogens (tertiary/aromatic N) is 3. The number of hydrogen-bond acceptors (Lipinski definition) is 5. The van der Waals surface area contributed by atoms with E-state index in [-0.39, 0.29) is 17.6 Å². The van der Waals surface area contributed by atoms with Crippen LogP contribution in [0.5, 0.6) is 5.75 Å². The van der Waals surface area contributed by atoms with Gasteiger partial charge in [-0.15, -0.1) is 11.8 Å². The quantitative estimate of drug-likeness (QED) is 0.745. The van der Waals surface area contributed by atoms with Crippen molar-refractivity contribution in [2.24, 2.45) is 23.9 Å². The topological polar surface area (TPSA) is 63.9 Å². The Morgan fingerprint density at radius 1 is 1.25 bits per heavy atom. The summed E-state index contributed by atoms with van der Waals surface area (Å²) in [6.45, 7) is 6.02. The summed E-state index contributed by atoms with van der Waals surface area (Å²) >= 11 is 2.80. The molecule has 1 saturated heterocycles. The number of fused-ring (bicyclic) bond motifs is 1. The number of aromatic nitrogens is 1. The van der Waals surface area contributed by atoms with Crippen molar-refractivity contribution in [3.8, 4) is 5.75 Å². The first-order valence-electron chi connectivity index (χ1n) is 9.44. The second kappa shape index (κ2) is 9.13. The Morgan fingerprint density at radius 2 is 1.96 bits per heavy atom. The smallest absolute Gasteiger partial charge is 0.258 e. The second-order valence-electron chi connectivity index (χ2n) is 7.52. The van der Waals surface area contributed by atoms with Gasteiger partial charge in [0.2, 0.25) is 5.91 Å². The molecule has 0 bridgehead atoms. The zero-order valence-corrected chi connectivity index (χ0v) is 18.4. The average Bonchev–Trinajstić information content (AvgIpc) is 2.95. The van der Waals surface area contributed by atoms with Gasteiger partial charge in [-0.25, -0.2) is 0 Å². The van der Waals surface area contributed by atoms with Gasteiger partial charge in [0, 0.05) is 20.1 Å². The number of carbonyl (C=O) groups is 2. The minimum absolute atomic E-state index is 0.121. The molecule has 0 spiro atoms. The Bertz CT molecular complexity index is 924. The summed E-state index contributed by atoms with van der Waals surface area (Å²) in [6.07, 6.45) is 1.17. The Balaban J connectivity index is 1.59. The Morgan fingerprint density at radius 3 is 2.64 bits per heavy atom. The van der Waals surface area contributed by atoms with Gasteiger partial charge >= 0.3 is 0 Å². The number of piperidine rings is 1. The van der Waals surface area contributed by atoms with Gasteiger partial charge in [0.25, 0.3) is 5.91 Å². The molecule has 2 atom stereocenters. The van der Waals surface area contributed by atoms with Crippen LogP contribution in [0, 0.1) is 11.8 Å². The zero-order chi connectivity index (χ0) is 20.3. The highest BCUT2D eigenvalue weighted by molar-refractivity contribution is 8.00. The molecule has 0 saturated carbocycles. The molecular weight excluding hydrogens is 394 g/mol. The summed E-state index contributed by atoms with van der Waals surface area (Å²) in [5, 5.41) is 0. The van der Waals surface area contributed by atoms with E-state index in [4.69, 9.17) is 4.74 Å². The second-order valence-corrected chi connectivity index (χ2v) is 9.52. The molecule has 8 heteroatoms. The van der Waals surface area contributed by atoms with Crippen LogP contribution >= 0.6 is 23.1 Å². The van der Waals surface area contributed by atoms with E-state index in [2.05, 4.69) is 18.8 Å². The first-order valence-corrected chi connectivity index (χ1v) is 11.4. The van der Waals surface area contributed by atoms with Gasteiger partial charge in [-0.1, -0.05) is 25.2 Å². The van der Waals surface area contributed by atoms with E-state index >= 15 is 0 Å². The number of rotatable bonds is 5. The maximum Gasteiger partial charge on any atom is 0.258 e. The molecule has 1 aromatic heterocycles. The number of amides is 2. The molecule has 2 aromatic rings. The highest BCUT2D eigenvalue weighted by atomic mass is 32.2. The predicted octanol–water partition coefficient (Wildman–Crippen LogP) is 2.91. The third kappa shape index (κ3) is 4.97. The first-order chi connectivity index (χ1) is 13.4. The van der Waals surface area contributed by atoms with Crippen molar-refractivity contribution in [1.29, 1.82) is 0 Å². The highest BCUT2D eigenvalue weighted by Crippen LogP contribution is 2.23. The van der Waals surface area contributed by atoms with Crippen molar-refractivity contribution in [2.45, 2.75) is 20.3 Å². The fourth-order valence-electron chi connectivity index (χ4n) is 3.67. The van der Waals surface area contributed by atoms with Crippen LogP contribution in [0.2, 0.25) is 0 Å². The number of ether oxygens (including phenoxy) is 1. The number of carbonyl (C=O) groups excluding carboxylic acids is 2. The van der Waals surface area contributed by atoms with Crippen LogP contribution < -0.4 is 9.54 Å². The third-order valence-corrected chi connectivity index (χ3v) is 6.91. The number of thiazole rings is 1. The van der Waals surface area contributed by atoms with Gasteiger partial charge in [0.05, 0.1) is 28.8 Å². The number of methoxy groups -OCH3 is 1. The number of likely N-dealkylation sites (tertiary alicyclic amines) is 1. The van der Waals surface area contributed by atoms with Crippen LogP contribution in [0.15, 0.2) is 23.2 Å². The monoisotopic (exact) mass is 421 g/mol. The van der Waals surface area contributed by atoms with E-state index < -0.39 is 0 Å². The lowest BCUT2D eigenvalue weighted by molar-refractivity contribution is -0.130. The number of aryl methyl sites for hydroxylation is 1. The number of benzene rings is 1. The Labute approximate surface area is 173 Å². The van der Waals surface area contributed by atoms with Crippen LogP contribution in [-0.2, 0) is 16.6 Å². The molecule has 1 fully saturated rings. The summed E-state index contributed by atoms with van der Waals surface area (Å²) < 4.78 is 8.18. The highest BCUT2D eigenvalue weighted by Gasteiger charge is 2.25. The molecule has 2 heterocycles. The fourth-order valence-corrected chi connectivity index (χ4v) is 5.43. The normalized spacial score (nSPS) is 20.6. The Kier molecular flexibility index (Phi) is 6.82. The molecule has 0 radical (unpaired) electrons. The van der Waals surface area contributed by atoms with Gasteiger partial charge in [-0.3, -0.25) is 9.59 Å². The van der Waals surface area contributed by atoms with E-state index in [9.17, 15) is 9.59 Å². The predicted molar refractivity (Wildman–Crippen MR) is 115 cm³/mol. The summed E-state index contributed by atoms with van der Waals surface area (Å²) in [5.41, 5.74) is 1.01. The first kappa shape index (κ1) is 20.9. The van der Waals surface area contributed by atoms with Crippen LogP contribution in [0.1, 0.15) is 20.3 Å². The molecule has 1 aromatic carbocycles. The summed E-state index contributed by atoms with van der Waals surface area (Å²) in [5.74, 6) is 2.31. The van der Waals surface area contributed by atoms with Crippen LogP contribution in [0.25, 0.3) is 10.2 Å². The van der Waals surface area contributed by atoms with Crippen molar-refractivity contribution in [3.63, 3.8) is 0 Å². The molecule has 2 amide bonds. The van der Waals surface area contributed by atoms with Gasteiger partial charge in [-0.05, 0) is 36.5 Å². The molecule has 152 valence electrons. The SMILES string of the molecule is COc1ccc2c(c1)sc(=NC(=O)CSCC(=O)N1CC(C)CC(C)C1)n2C. The lowest BCUT2D eigenvalue weighted by atomic mass is 9.92. The minimum Gasteiger partial charge on any atom is -0.497 e. The van der Waals surface area contributed by atoms with Crippen LogP contribution in [0.4, 0.5) is 0 Å². The van der Waals surface area contributed by atoms with Gasteiger partial charge in [-0.2, -0.15) is 4.99 Å². The maximum absolute atomic E-state index is 12.4. The van der Waals surface area contributed by atoms with Crippen molar-refractivity contribution in [1.82, 2.24) is 9.47 Å². The largest absolute Gasteiger partial charge is 0.497 e. The standard InChI is InChI=1S/C20H27N3O3S2/c1-13-7-14(2)10-23(9-13)19(25)12-27-11-18(24)21-20-22(3)16-6-5-15(26-4)8-17(16)28-20/h5-6,8,13-14H,7,9-12H2,1-4H3. The molecule has 0 aliphatic carbocycles. The van der Waals surface area contributed by atoms with E-state index in [1.807, 2.05) is 34.7 Å². The van der Waals surface area contributed by atoms with E-state index in [0.29, 0.717) is 22.4 Å². The lowest BCUT2D eigenvalue weighted by Gasteiger charge is -2.35. The maximum atomic E-state index is 12.4. The van der Waals surface area contributed by atoms with Gasteiger partial charge in [0.15, 0.2) is 4.80 Å². The molecule has 3 rings (SSSR count). The summed E-state index contributed by atoms with van der Waals surface area (Å²) in [6, 6.07) is 5.80. The van der Waals surface area contributed by atoms with Crippen molar-refractivity contribution < 1.29 is 14.3 Å². The van der Waals surface area contributed by atoms with E-state index in [1.54, 1.807) is 7.11 Å². The number of hydrogen-bond donors (Lipinski definition) is 0. The summed E-state index contributed by atoms with van der Waals surface area (Å²) in [7, 11) is 3.53. The molecule has 2 unspecified atom stereocenters. The summed E-state index contributed by atoms with van der Waals surface area (Å²) in [4.78, 5) is 31.5. The van der Waals surface area contributed by atoms with Crippen molar-refractivity contribution in [2.75, 3.05) is 31.7 Å². The molecule has 6 nitrogen and oxygen atoms in total. The molecule has 1 aliphatic rings. The molecule has 28 heavy (non-hydrogen) atoms. The van der Waals surface area contributed by atoms with E-state index in [0.717, 1.165) is 29.1 Å². The van der Waals surface area contributed by atoms with Crippen LogP contribution in [-0.4, -0.2) is 53.0 Å². The van der Waals surface area contributed by atoms with Crippen molar-refractivity contribution >= 4 is 45.1 Å². The van der Waals surface area contributed by atoms with E-state index in [1.165, 1.54) is 29.5 Å². The molecule has 1 aliphatic heterocycles. The third-order valence-electron chi connectivity index (χ3n) is 4.91. The lowest BCUT2D eigenvalue weighted by Crippen LogP contribution is -2.43. The fraction of sp³-hybridized carbons (Fsp3) is 0.550. The van der Waals surface area contributed by atoms with Crippen LogP contribution in [0.3, 0.4) is 0 Å². The zero-order valence-electron chi connectivity index (χ0n) is 16.8. The van der Waals surface area contributed by atoms with Gasteiger partial charge in [0.1, 0.15) is 5.75 Å². The van der Waals surface area contributed by atoms with Gasteiger partial charge < -0.3 is 14.2 Å². The molecule has 0 N–H and O–H groups in total. The van der Waals surface area contributed by atoms with Crippen molar-refractivity contribution in [3.05, 3.63) is 23.0 Å². The number of thioether (sulfide) groups is 1. The minimum atomic E-state index is -0.215. The molecular formula is C20H27N3O3S2.